The lowest BCUT2D eigenvalue weighted by Gasteiger charge is -2.24. The smallest absolute Gasteiger partial charge is 0.384 e. The Morgan fingerprint density at radius 1 is 1.24 bits per heavy atom. The standard InChI is InChI=1S/C17H21F3N4O/c1-10(2)24-14(16(25)5-3-4-6-16)8-13(23-24)11-7-12(17(18,19)20)15(21)22-9-11/h7-10,25H,3-6H2,1-2H3,(H2,21,22). The molecule has 2 aromatic heterocycles. The third-order valence-electron chi connectivity index (χ3n) is 4.65. The Labute approximate surface area is 143 Å². The molecule has 2 aromatic rings. The third-order valence-corrected chi connectivity index (χ3v) is 4.65. The van der Waals surface area contributed by atoms with E-state index in [0.717, 1.165) is 18.9 Å². The zero-order chi connectivity index (χ0) is 18.4. The van der Waals surface area contributed by atoms with Crippen molar-refractivity contribution in [3.8, 4) is 11.3 Å². The van der Waals surface area contributed by atoms with E-state index in [0.29, 0.717) is 24.2 Å². The van der Waals surface area contributed by atoms with Crippen LogP contribution in [0, 0.1) is 0 Å². The predicted octanol–water partition coefficient (Wildman–Crippen LogP) is 3.89. The van der Waals surface area contributed by atoms with Crippen molar-refractivity contribution in [2.75, 3.05) is 5.73 Å². The molecule has 25 heavy (non-hydrogen) atoms. The van der Waals surface area contributed by atoms with E-state index in [1.165, 1.54) is 6.20 Å². The molecule has 0 amide bonds. The minimum atomic E-state index is -4.58. The summed E-state index contributed by atoms with van der Waals surface area (Å²) in [6, 6.07) is 2.59. The lowest BCUT2D eigenvalue weighted by atomic mass is 9.96. The quantitative estimate of drug-likeness (QED) is 0.877. The molecule has 1 aliphatic rings. The van der Waals surface area contributed by atoms with Crippen LogP contribution < -0.4 is 5.73 Å². The molecule has 136 valence electrons. The van der Waals surface area contributed by atoms with Crippen LogP contribution in [0.3, 0.4) is 0 Å². The Hall–Kier alpha value is -2.09. The fraction of sp³-hybridized carbons (Fsp3) is 0.529. The first-order valence-corrected chi connectivity index (χ1v) is 8.27. The van der Waals surface area contributed by atoms with Gasteiger partial charge in [0.15, 0.2) is 0 Å². The fourth-order valence-corrected chi connectivity index (χ4v) is 3.34. The van der Waals surface area contributed by atoms with Crippen LogP contribution in [-0.4, -0.2) is 19.9 Å². The number of hydrogen-bond donors (Lipinski definition) is 2. The summed E-state index contributed by atoms with van der Waals surface area (Å²) < 4.78 is 40.9. The molecule has 0 spiro atoms. The van der Waals surface area contributed by atoms with Crippen molar-refractivity contribution in [2.24, 2.45) is 0 Å². The SMILES string of the molecule is CC(C)n1nc(-c2cnc(N)c(C(F)(F)F)c2)cc1C1(O)CCCC1. The van der Waals surface area contributed by atoms with Crippen molar-refractivity contribution < 1.29 is 18.3 Å². The van der Waals surface area contributed by atoms with Gasteiger partial charge in [-0.25, -0.2) is 4.98 Å². The molecule has 3 N–H and O–H groups in total. The second-order valence-electron chi connectivity index (χ2n) is 6.85. The summed E-state index contributed by atoms with van der Waals surface area (Å²) >= 11 is 0. The van der Waals surface area contributed by atoms with E-state index in [1.54, 1.807) is 10.7 Å². The van der Waals surface area contributed by atoms with E-state index >= 15 is 0 Å². The molecule has 0 unspecified atom stereocenters. The van der Waals surface area contributed by atoms with Gasteiger partial charge in [0.2, 0.25) is 0 Å². The number of rotatable bonds is 3. The molecule has 0 radical (unpaired) electrons. The summed E-state index contributed by atoms with van der Waals surface area (Å²) in [5.74, 6) is -0.561. The van der Waals surface area contributed by atoms with Crippen LogP contribution in [0.5, 0.6) is 0 Å². The molecule has 8 heteroatoms. The Balaban J connectivity index is 2.10. The van der Waals surface area contributed by atoms with Gasteiger partial charge in [-0.2, -0.15) is 18.3 Å². The monoisotopic (exact) mass is 354 g/mol. The van der Waals surface area contributed by atoms with E-state index in [2.05, 4.69) is 10.1 Å². The molecule has 1 aliphatic carbocycles. The van der Waals surface area contributed by atoms with Crippen molar-refractivity contribution in [1.82, 2.24) is 14.8 Å². The summed E-state index contributed by atoms with van der Waals surface area (Å²) in [5, 5.41) is 15.3. The molecule has 5 nitrogen and oxygen atoms in total. The Morgan fingerprint density at radius 3 is 2.44 bits per heavy atom. The van der Waals surface area contributed by atoms with Gasteiger partial charge >= 0.3 is 6.18 Å². The number of nitrogen functional groups attached to an aromatic ring is 1. The Kier molecular flexibility index (Phi) is 4.26. The number of nitrogens with two attached hydrogens (primary N) is 1. The number of nitrogens with zero attached hydrogens (tertiary/aromatic N) is 3. The van der Waals surface area contributed by atoms with E-state index in [4.69, 9.17) is 5.73 Å². The number of aliphatic hydroxyl groups is 1. The molecular weight excluding hydrogens is 333 g/mol. The number of pyridine rings is 1. The van der Waals surface area contributed by atoms with Crippen LogP contribution in [0.15, 0.2) is 18.3 Å². The molecule has 0 aromatic carbocycles. The average molecular weight is 354 g/mol. The van der Waals surface area contributed by atoms with E-state index in [-0.39, 0.29) is 11.6 Å². The second-order valence-corrected chi connectivity index (χ2v) is 6.85. The number of alkyl halides is 3. The Bertz CT molecular complexity index is 777. The van der Waals surface area contributed by atoms with Gasteiger partial charge in [0.25, 0.3) is 0 Å². The lowest BCUT2D eigenvalue weighted by Crippen LogP contribution is -2.26. The largest absolute Gasteiger partial charge is 0.419 e. The van der Waals surface area contributed by atoms with Crippen LogP contribution >= 0.6 is 0 Å². The minimum absolute atomic E-state index is 0.0304. The van der Waals surface area contributed by atoms with E-state index in [9.17, 15) is 18.3 Å². The maximum atomic E-state index is 13.1. The normalized spacial score (nSPS) is 17.4. The van der Waals surface area contributed by atoms with Gasteiger partial charge in [-0.1, -0.05) is 12.8 Å². The highest BCUT2D eigenvalue weighted by Crippen LogP contribution is 2.41. The number of hydrogen-bond acceptors (Lipinski definition) is 4. The lowest BCUT2D eigenvalue weighted by molar-refractivity contribution is -0.137. The molecule has 1 saturated carbocycles. The third kappa shape index (κ3) is 3.22. The topological polar surface area (TPSA) is 77.0 Å². The zero-order valence-electron chi connectivity index (χ0n) is 14.1. The second kappa shape index (κ2) is 6.01. The first kappa shape index (κ1) is 17.7. The van der Waals surface area contributed by atoms with Crippen molar-refractivity contribution in [3.05, 3.63) is 29.6 Å². The molecule has 1 fully saturated rings. The van der Waals surface area contributed by atoms with Gasteiger partial charge in [0.05, 0.1) is 17.0 Å². The number of halogens is 3. The minimum Gasteiger partial charge on any atom is -0.384 e. The fourth-order valence-electron chi connectivity index (χ4n) is 3.34. The average Bonchev–Trinajstić information content (AvgIpc) is 3.14. The van der Waals surface area contributed by atoms with Gasteiger partial charge in [-0.15, -0.1) is 0 Å². The summed E-state index contributed by atoms with van der Waals surface area (Å²) in [6.07, 6.45) is -0.231. The zero-order valence-corrected chi connectivity index (χ0v) is 14.1. The number of aromatic nitrogens is 3. The van der Waals surface area contributed by atoms with Crippen molar-refractivity contribution >= 4 is 5.82 Å². The van der Waals surface area contributed by atoms with Crippen LogP contribution in [-0.2, 0) is 11.8 Å². The van der Waals surface area contributed by atoms with Crippen LogP contribution in [0.1, 0.15) is 56.8 Å². The molecule has 2 heterocycles. The molecular formula is C17H21F3N4O. The number of anilines is 1. The van der Waals surface area contributed by atoms with Crippen LogP contribution in [0.4, 0.5) is 19.0 Å². The van der Waals surface area contributed by atoms with Gasteiger partial charge in [-0.3, -0.25) is 4.68 Å². The summed E-state index contributed by atoms with van der Waals surface area (Å²) in [7, 11) is 0. The van der Waals surface area contributed by atoms with Crippen LogP contribution in [0.2, 0.25) is 0 Å². The van der Waals surface area contributed by atoms with Gasteiger partial charge < -0.3 is 10.8 Å². The van der Waals surface area contributed by atoms with Gasteiger partial charge in [0, 0.05) is 17.8 Å². The molecule has 0 aliphatic heterocycles. The summed E-state index contributed by atoms with van der Waals surface area (Å²) in [4.78, 5) is 3.67. The first-order valence-electron chi connectivity index (χ1n) is 8.27. The molecule has 0 saturated heterocycles. The molecule has 3 rings (SSSR count). The highest BCUT2D eigenvalue weighted by atomic mass is 19.4. The van der Waals surface area contributed by atoms with Crippen molar-refractivity contribution in [1.29, 1.82) is 0 Å². The highest BCUT2D eigenvalue weighted by molar-refractivity contribution is 5.63. The maximum Gasteiger partial charge on any atom is 0.419 e. The van der Waals surface area contributed by atoms with Crippen molar-refractivity contribution in [3.63, 3.8) is 0 Å². The summed E-state index contributed by atoms with van der Waals surface area (Å²) in [5.41, 5.74) is 4.61. The Morgan fingerprint density at radius 2 is 1.88 bits per heavy atom. The highest BCUT2D eigenvalue weighted by Gasteiger charge is 2.38. The molecule has 0 atom stereocenters. The first-order chi connectivity index (χ1) is 11.6. The summed E-state index contributed by atoms with van der Waals surface area (Å²) in [6.45, 7) is 3.84. The van der Waals surface area contributed by atoms with Gasteiger partial charge in [-0.05, 0) is 38.8 Å². The van der Waals surface area contributed by atoms with E-state index < -0.39 is 23.2 Å². The predicted molar refractivity (Wildman–Crippen MR) is 87.6 cm³/mol. The maximum absolute atomic E-state index is 13.1. The molecule has 0 bridgehead atoms. The van der Waals surface area contributed by atoms with Crippen LogP contribution in [0.25, 0.3) is 11.3 Å². The van der Waals surface area contributed by atoms with Gasteiger partial charge in [0.1, 0.15) is 11.4 Å². The van der Waals surface area contributed by atoms with E-state index in [1.807, 2.05) is 13.8 Å². The van der Waals surface area contributed by atoms with Crippen molar-refractivity contribution in [2.45, 2.75) is 57.3 Å².